The van der Waals surface area contributed by atoms with Gasteiger partial charge < -0.3 is 0 Å². The van der Waals surface area contributed by atoms with Crippen LogP contribution in [0, 0.1) is 0 Å². The van der Waals surface area contributed by atoms with Crippen molar-refractivity contribution >= 4 is 11.8 Å². The van der Waals surface area contributed by atoms with Crippen molar-refractivity contribution in [3.05, 3.63) is 204 Å². The number of hydrogen-bond donors (Lipinski definition) is 0. The number of rotatable bonds is 4. The molecule has 1 aliphatic carbocycles. The monoisotopic (exact) mass is 654 g/mol. The Bertz CT molecular complexity index is 2450. The largest absolute Gasteiger partial charge is 0.228 e. The zero-order chi connectivity index (χ0) is 33.1. The van der Waals surface area contributed by atoms with Gasteiger partial charge in [0.15, 0.2) is 5.82 Å². The molecule has 2 nitrogen and oxygen atoms in total. The van der Waals surface area contributed by atoms with E-state index >= 15 is 0 Å². The summed E-state index contributed by atoms with van der Waals surface area (Å²) >= 11 is 1.88. The van der Waals surface area contributed by atoms with Gasteiger partial charge in [-0.3, -0.25) is 0 Å². The topological polar surface area (TPSA) is 25.8 Å². The molecule has 1 spiro atoms. The molecule has 8 aromatic rings. The molecule has 50 heavy (non-hydrogen) atoms. The molecule has 10 rings (SSSR count). The normalized spacial score (nSPS) is 13.3. The fraction of sp³-hybridized carbons (Fsp3) is 0.0213. The van der Waals surface area contributed by atoms with Crippen LogP contribution in [0.2, 0.25) is 0 Å². The van der Waals surface area contributed by atoms with E-state index in [1.807, 2.05) is 23.9 Å². The van der Waals surface area contributed by atoms with Crippen molar-refractivity contribution in [2.75, 3.05) is 0 Å². The molecule has 0 saturated carbocycles. The Kier molecular flexibility index (Phi) is 6.68. The Hall–Kier alpha value is -6.03. The standard InChI is InChI=1S/C47H30N2S/c1-3-13-32(14-4-1)42-30-43(33-15-5-2-6-16-33)49-46(48-42)34-25-23-31(24-26-34)35-27-28-45-41(29-35)47(40-21-11-12-22-44(40)50-45)38-19-9-7-17-36(38)37-18-8-10-20-39(37)47/h1-30H. The van der Waals surface area contributed by atoms with Crippen LogP contribution in [-0.4, -0.2) is 9.97 Å². The lowest BCUT2D eigenvalue weighted by atomic mass is 9.67. The van der Waals surface area contributed by atoms with Gasteiger partial charge in [-0.15, -0.1) is 0 Å². The second-order valence-electron chi connectivity index (χ2n) is 12.9. The van der Waals surface area contributed by atoms with Crippen LogP contribution >= 0.6 is 11.8 Å². The molecular formula is C47H30N2S. The maximum atomic E-state index is 5.06. The van der Waals surface area contributed by atoms with Gasteiger partial charge in [0.25, 0.3) is 0 Å². The van der Waals surface area contributed by atoms with Crippen LogP contribution in [0.3, 0.4) is 0 Å². The summed E-state index contributed by atoms with van der Waals surface area (Å²) in [7, 11) is 0. The molecule has 0 N–H and O–H groups in total. The third kappa shape index (κ3) is 4.44. The average Bonchev–Trinajstić information content (AvgIpc) is 3.49. The van der Waals surface area contributed by atoms with Crippen LogP contribution in [0.25, 0.3) is 56.2 Å². The summed E-state index contributed by atoms with van der Waals surface area (Å²) in [5.41, 5.74) is 15.0. The first-order chi connectivity index (χ1) is 24.8. The van der Waals surface area contributed by atoms with Crippen LogP contribution in [0.5, 0.6) is 0 Å². The fourth-order valence-corrected chi connectivity index (χ4v) is 9.11. The van der Waals surface area contributed by atoms with E-state index in [0.717, 1.165) is 33.6 Å². The Morgan fingerprint density at radius 1 is 0.340 bits per heavy atom. The molecule has 0 saturated heterocycles. The third-order valence-corrected chi connectivity index (χ3v) is 11.3. The lowest BCUT2D eigenvalue weighted by Gasteiger charge is -2.40. The van der Waals surface area contributed by atoms with Gasteiger partial charge in [0.2, 0.25) is 0 Å². The Balaban J connectivity index is 1.11. The van der Waals surface area contributed by atoms with Gasteiger partial charge in [0, 0.05) is 26.5 Å². The molecule has 0 amide bonds. The van der Waals surface area contributed by atoms with Crippen LogP contribution in [0.15, 0.2) is 192 Å². The van der Waals surface area contributed by atoms with Gasteiger partial charge in [0.05, 0.1) is 16.8 Å². The molecule has 7 aromatic carbocycles. The molecule has 2 heterocycles. The highest BCUT2D eigenvalue weighted by molar-refractivity contribution is 7.99. The van der Waals surface area contributed by atoms with E-state index in [9.17, 15) is 0 Å². The summed E-state index contributed by atoms with van der Waals surface area (Å²) in [5, 5.41) is 0. The van der Waals surface area contributed by atoms with E-state index in [0.29, 0.717) is 5.82 Å². The molecule has 1 aliphatic heterocycles. The van der Waals surface area contributed by atoms with Crippen LogP contribution in [-0.2, 0) is 5.41 Å². The minimum atomic E-state index is -0.389. The van der Waals surface area contributed by atoms with Gasteiger partial charge in [0.1, 0.15) is 0 Å². The molecule has 234 valence electrons. The van der Waals surface area contributed by atoms with Crippen LogP contribution in [0.4, 0.5) is 0 Å². The van der Waals surface area contributed by atoms with E-state index in [-0.39, 0.29) is 5.41 Å². The van der Waals surface area contributed by atoms with Gasteiger partial charge in [-0.05, 0) is 68.8 Å². The maximum Gasteiger partial charge on any atom is 0.160 e. The van der Waals surface area contributed by atoms with E-state index in [1.54, 1.807) is 0 Å². The smallest absolute Gasteiger partial charge is 0.160 e. The number of hydrogen-bond acceptors (Lipinski definition) is 3. The van der Waals surface area contributed by atoms with E-state index in [2.05, 4.69) is 170 Å². The lowest BCUT2D eigenvalue weighted by Crippen LogP contribution is -2.32. The average molecular weight is 655 g/mol. The van der Waals surface area contributed by atoms with Gasteiger partial charge in [-0.25, -0.2) is 9.97 Å². The van der Waals surface area contributed by atoms with Crippen molar-refractivity contribution in [3.63, 3.8) is 0 Å². The highest BCUT2D eigenvalue weighted by Crippen LogP contribution is 2.62. The SMILES string of the molecule is c1ccc(-c2cc(-c3ccccc3)nc(-c3ccc(-c4ccc5c(c4)C4(c6ccccc6S5)c5ccccc5-c5ccccc54)cc3)n2)cc1. The highest BCUT2D eigenvalue weighted by atomic mass is 32.2. The summed E-state index contributed by atoms with van der Waals surface area (Å²) in [6, 6.07) is 65.5. The van der Waals surface area contributed by atoms with Crippen LogP contribution < -0.4 is 0 Å². The number of nitrogens with zero attached hydrogens (tertiary/aromatic N) is 2. The molecule has 0 unspecified atom stereocenters. The molecule has 0 atom stereocenters. The first-order valence-corrected chi connectivity index (χ1v) is 17.8. The third-order valence-electron chi connectivity index (χ3n) is 10.2. The number of benzene rings is 7. The lowest BCUT2D eigenvalue weighted by molar-refractivity contribution is 0.723. The van der Waals surface area contributed by atoms with Gasteiger partial charge >= 0.3 is 0 Å². The maximum absolute atomic E-state index is 5.06. The van der Waals surface area contributed by atoms with E-state index < -0.39 is 0 Å². The second-order valence-corrected chi connectivity index (χ2v) is 14.0. The van der Waals surface area contributed by atoms with Gasteiger partial charge in [-0.2, -0.15) is 0 Å². The van der Waals surface area contributed by atoms with Crippen molar-refractivity contribution in [1.29, 1.82) is 0 Å². The molecule has 2 aliphatic rings. The van der Waals surface area contributed by atoms with E-state index in [4.69, 9.17) is 9.97 Å². The summed E-state index contributed by atoms with van der Waals surface area (Å²) < 4.78 is 0. The summed E-state index contributed by atoms with van der Waals surface area (Å²) in [6.45, 7) is 0. The minimum absolute atomic E-state index is 0.389. The minimum Gasteiger partial charge on any atom is -0.228 e. The summed E-state index contributed by atoms with van der Waals surface area (Å²) in [4.78, 5) is 12.7. The molecule has 0 radical (unpaired) electrons. The Morgan fingerprint density at radius 2 is 0.820 bits per heavy atom. The summed E-state index contributed by atoms with van der Waals surface area (Å²) in [6.07, 6.45) is 0. The van der Waals surface area contributed by atoms with Gasteiger partial charge in [-0.1, -0.05) is 169 Å². The zero-order valence-corrected chi connectivity index (χ0v) is 27.9. The summed E-state index contributed by atoms with van der Waals surface area (Å²) in [5.74, 6) is 0.716. The van der Waals surface area contributed by atoms with Crippen molar-refractivity contribution < 1.29 is 0 Å². The molecule has 1 aromatic heterocycles. The highest BCUT2D eigenvalue weighted by Gasteiger charge is 2.50. The molecule has 0 bridgehead atoms. The Labute approximate surface area is 296 Å². The van der Waals surface area contributed by atoms with Crippen molar-refractivity contribution in [3.8, 4) is 56.2 Å². The predicted octanol–water partition coefficient (Wildman–Crippen LogP) is 12.0. The van der Waals surface area contributed by atoms with E-state index in [1.165, 1.54) is 48.7 Å². The van der Waals surface area contributed by atoms with Crippen molar-refractivity contribution in [2.45, 2.75) is 15.2 Å². The fourth-order valence-electron chi connectivity index (χ4n) is 7.94. The van der Waals surface area contributed by atoms with Crippen LogP contribution in [0.1, 0.15) is 22.3 Å². The first-order valence-electron chi connectivity index (χ1n) is 17.0. The number of fused-ring (bicyclic) bond motifs is 9. The quantitative estimate of drug-likeness (QED) is 0.189. The first kappa shape index (κ1) is 28.9. The molecule has 3 heteroatoms. The van der Waals surface area contributed by atoms with Crippen molar-refractivity contribution in [1.82, 2.24) is 9.97 Å². The zero-order valence-electron chi connectivity index (χ0n) is 27.1. The second kappa shape index (κ2) is 11.5. The Morgan fingerprint density at radius 3 is 1.44 bits per heavy atom. The molecule has 0 fully saturated rings. The number of aromatic nitrogens is 2. The van der Waals surface area contributed by atoms with Crippen molar-refractivity contribution in [2.24, 2.45) is 0 Å². The predicted molar refractivity (Wildman–Crippen MR) is 205 cm³/mol. The molecular weight excluding hydrogens is 625 g/mol.